The normalized spacial score (nSPS) is 15.5. The van der Waals surface area contributed by atoms with Gasteiger partial charge in [-0.2, -0.15) is 12.6 Å². The van der Waals surface area contributed by atoms with Crippen LogP contribution in [0.4, 0.5) is 4.39 Å². The summed E-state index contributed by atoms with van der Waals surface area (Å²) in [7, 11) is 0. The van der Waals surface area contributed by atoms with Crippen LogP contribution in [-0.2, 0) is 9.59 Å². The Morgan fingerprint density at radius 3 is 2.36 bits per heavy atom. The Morgan fingerprint density at radius 1 is 1.64 bits per heavy atom. The lowest BCUT2D eigenvalue weighted by molar-refractivity contribution is -0.140. The summed E-state index contributed by atoms with van der Waals surface area (Å²) >= 11 is 3.54. The number of carboxylic acids is 1. The first kappa shape index (κ1) is 10.4. The molecule has 0 heterocycles. The van der Waals surface area contributed by atoms with Gasteiger partial charge in [-0.1, -0.05) is 0 Å². The van der Waals surface area contributed by atoms with Crippen LogP contribution in [0.2, 0.25) is 0 Å². The SMILES string of the molecule is N[C@H](C(=O)O)C(S)C(=O)CF. The summed E-state index contributed by atoms with van der Waals surface area (Å²) in [6.45, 7) is -1.24. The van der Waals surface area contributed by atoms with Gasteiger partial charge in [0.2, 0.25) is 0 Å². The highest BCUT2D eigenvalue weighted by molar-refractivity contribution is 7.82. The molecule has 3 N–H and O–H groups in total. The highest BCUT2D eigenvalue weighted by Gasteiger charge is 2.26. The maximum Gasteiger partial charge on any atom is 0.322 e. The molecule has 6 heteroatoms. The van der Waals surface area contributed by atoms with E-state index in [1.807, 2.05) is 0 Å². The molecule has 2 atom stereocenters. The molecule has 0 aliphatic heterocycles. The maximum absolute atomic E-state index is 11.6. The third-order valence-electron chi connectivity index (χ3n) is 1.09. The number of hydrogen-bond donors (Lipinski definition) is 3. The van der Waals surface area contributed by atoms with Gasteiger partial charge in [0.05, 0.1) is 5.25 Å². The van der Waals surface area contributed by atoms with Crippen LogP contribution in [0.25, 0.3) is 0 Å². The second kappa shape index (κ2) is 4.30. The van der Waals surface area contributed by atoms with Gasteiger partial charge in [0.25, 0.3) is 0 Å². The molecule has 0 rings (SSSR count). The third kappa shape index (κ3) is 2.85. The lowest BCUT2D eigenvalue weighted by atomic mass is 10.1. The van der Waals surface area contributed by atoms with Gasteiger partial charge >= 0.3 is 5.97 Å². The number of alkyl halides is 1. The van der Waals surface area contributed by atoms with E-state index in [9.17, 15) is 14.0 Å². The van der Waals surface area contributed by atoms with Crippen LogP contribution in [0.15, 0.2) is 0 Å². The van der Waals surface area contributed by atoms with Gasteiger partial charge in [0.15, 0.2) is 5.78 Å². The Balaban J connectivity index is 4.12. The Labute approximate surface area is 68.0 Å². The van der Waals surface area contributed by atoms with Crippen molar-refractivity contribution in [1.29, 1.82) is 0 Å². The first-order valence-electron chi connectivity index (χ1n) is 2.75. The van der Waals surface area contributed by atoms with Crippen molar-refractivity contribution in [1.82, 2.24) is 0 Å². The number of nitrogens with two attached hydrogens (primary N) is 1. The van der Waals surface area contributed by atoms with Crippen LogP contribution >= 0.6 is 12.6 Å². The molecule has 0 aromatic rings. The Bertz CT molecular complexity index is 175. The van der Waals surface area contributed by atoms with E-state index < -0.39 is 29.7 Å². The molecular weight excluding hydrogens is 173 g/mol. The molecule has 0 spiro atoms. The van der Waals surface area contributed by atoms with E-state index in [4.69, 9.17) is 10.8 Å². The third-order valence-corrected chi connectivity index (χ3v) is 1.70. The Morgan fingerprint density at radius 2 is 2.09 bits per heavy atom. The van der Waals surface area contributed by atoms with Crippen molar-refractivity contribution in [2.45, 2.75) is 11.3 Å². The van der Waals surface area contributed by atoms with Crippen LogP contribution in [0.5, 0.6) is 0 Å². The number of hydrogen-bond acceptors (Lipinski definition) is 4. The first-order valence-corrected chi connectivity index (χ1v) is 3.27. The molecule has 64 valence electrons. The zero-order valence-corrected chi connectivity index (χ0v) is 6.42. The highest BCUT2D eigenvalue weighted by Crippen LogP contribution is 2.02. The Hall–Kier alpha value is -0.620. The summed E-state index contributed by atoms with van der Waals surface area (Å²) in [6, 6.07) is -1.44. The summed E-state index contributed by atoms with van der Waals surface area (Å²) < 4.78 is 11.6. The second-order valence-electron chi connectivity index (χ2n) is 1.91. The van der Waals surface area contributed by atoms with Crippen molar-refractivity contribution >= 4 is 24.4 Å². The summed E-state index contributed by atoms with van der Waals surface area (Å²) in [6.07, 6.45) is 0. The number of carbonyl (C=O) groups is 2. The molecule has 0 aliphatic carbocycles. The van der Waals surface area contributed by atoms with Crippen LogP contribution in [0.1, 0.15) is 0 Å². The van der Waals surface area contributed by atoms with Crippen LogP contribution < -0.4 is 5.73 Å². The van der Waals surface area contributed by atoms with E-state index in [1.165, 1.54) is 0 Å². The number of carbonyl (C=O) groups excluding carboxylic acids is 1. The topological polar surface area (TPSA) is 80.4 Å². The zero-order valence-electron chi connectivity index (χ0n) is 5.53. The van der Waals surface area contributed by atoms with Gasteiger partial charge in [-0.25, -0.2) is 4.39 Å². The smallest absolute Gasteiger partial charge is 0.322 e. The first-order chi connectivity index (χ1) is 5.00. The van der Waals surface area contributed by atoms with E-state index in [0.717, 1.165) is 0 Å². The van der Waals surface area contributed by atoms with Crippen molar-refractivity contribution in [2.24, 2.45) is 5.73 Å². The molecule has 11 heavy (non-hydrogen) atoms. The molecule has 0 saturated heterocycles. The molecule has 0 saturated carbocycles. The molecule has 0 bridgehead atoms. The number of aliphatic carboxylic acids is 1. The lowest BCUT2D eigenvalue weighted by Crippen LogP contribution is -2.43. The fourth-order valence-electron chi connectivity index (χ4n) is 0.414. The largest absolute Gasteiger partial charge is 0.480 e. The number of Topliss-reactive ketones (excluding diaryl/α,β-unsaturated/α-hetero) is 1. The van der Waals surface area contributed by atoms with Gasteiger partial charge in [0, 0.05) is 0 Å². The molecule has 0 fully saturated rings. The Kier molecular flexibility index (Phi) is 4.06. The van der Waals surface area contributed by atoms with Gasteiger partial charge in [0.1, 0.15) is 12.7 Å². The predicted molar refractivity (Wildman–Crippen MR) is 39.4 cm³/mol. The molecular formula is C5H8FNO3S. The van der Waals surface area contributed by atoms with E-state index in [0.29, 0.717) is 0 Å². The maximum atomic E-state index is 11.6. The molecule has 4 nitrogen and oxygen atoms in total. The number of thiol groups is 1. The van der Waals surface area contributed by atoms with Gasteiger partial charge in [-0.05, 0) is 0 Å². The second-order valence-corrected chi connectivity index (χ2v) is 2.47. The van der Waals surface area contributed by atoms with Crippen molar-refractivity contribution in [3.05, 3.63) is 0 Å². The number of halogens is 1. The number of rotatable bonds is 4. The molecule has 0 radical (unpaired) electrons. The van der Waals surface area contributed by atoms with E-state index in [-0.39, 0.29) is 0 Å². The zero-order chi connectivity index (χ0) is 9.02. The molecule has 0 aromatic heterocycles. The van der Waals surface area contributed by atoms with Crippen molar-refractivity contribution in [2.75, 3.05) is 6.67 Å². The van der Waals surface area contributed by atoms with Crippen LogP contribution in [0, 0.1) is 0 Å². The average Bonchev–Trinajstić information content (AvgIpc) is 2.00. The lowest BCUT2D eigenvalue weighted by Gasteiger charge is -2.11. The highest BCUT2D eigenvalue weighted by atomic mass is 32.1. The fourth-order valence-corrected chi connectivity index (χ4v) is 0.611. The summed E-state index contributed by atoms with van der Waals surface area (Å²) in [4.78, 5) is 20.6. The minimum absolute atomic E-state index is 0.914. The standard InChI is InChI=1S/C5H8FNO3S/c6-1-2(8)4(11)3(7)5(9)10/h3-4,11H,1,7H2,(H,9,10)/t3-,4?/m0/s1. The van der Waals surface area contributed by atoms with Crippen LogP contribution in [-0.4, -0.2) is 34.8 Å². The van der Waals surface area contributed by atoms with Crippen molar-refractivity contribution < 1.29 is 19.1 Å². The average molecular weight is 181 g/mol. The number of ketones is 1. The summed E-state index contributed by atoms with van der Waals surface area (Å²) in [5.41, 5.74) is 4.97. The molecule has 1 unspecified atom stereocenters. The minimum Gasteiger partial charge on any atom is -0.480 e. The fraction of sp³-hybridized carbons (Fsp3) is 0.600. The summed E-state index contributed by atoms with van der Waals surface area (Å²) in [5.74, 6) is -2.28. The van der Waals surface area contributed by atoms with Gasteiger partial charge in [-0.3, -0.25) is 9.59 Å². The molecule has 0 aliphatic rings. The quantitative estimate of drug-likeness (QED) is 0.498. The van der Waals surface area contributed by atoms with E-state index in [2.05, 4.69) is 12.6 Å². The van der Waals surface area contributed by atoms with Gasteiger partial charge in [-0.15, -0.1) is 0 Å². The predicted octanol–water partition coefficient (Wildman–Crippen LogP) is -0.765. The van der Waals surface area contributed by atoms with E-state index >= 15 is 0 Å². The monoisotopic (exact) mass is 181 g/mol. The van der Waals surface area contributed by atoms with Crippen LogP contribution in [0.3, 0.4) is 0 Å². The number of carboxylic acid groups (broad SMARTS) is 1. The van der Waals surface area contributed by atoms with E-state index in [1.54, 1.807) is 0 Å². The van der Waals surface area contributed by atoms with Crippen molar-refractivity contribution in [3.8, 4) is 0 Å². The van der Waals surface area contributed by atoms with Crippen molar-refractivity contribution in [3.63, 3.8) is 0 Å². The van der Waals surface area contributed by atoms with Gasteiger partial charge < -0.3 is 10.8 Å². The summed E-state index contributed by atoms with van der Waals surface area (Å²) in [5, 5.41) is 6.98. The minimum atomic E-state index is -1.44. The molecule has 0 amide bonds. The molecule has 0 aromatic carbocycles.